The van der Waals surface area contributed by atoms with Gasteiger partial charge in [-0.25, -0.2) is 4.39 Å². The van der Waals surface area contributed by atoms with Gasteiger partial charge in [0, 0.05) is 0 Å². The quantitative estimate of drug-likeness (QED) is 0.524. The van der Waals surface area contributed by atoms with Gasteiger partial charge in [0.2, 0.25) is 0 Å². The summed E-state index contributed by atoms with van der Waals surface area (Å²) < 4.78 is 11.7. The first-order chi connectivity index (χ1) is 9.02. The Labute approximate surface area is 119 Å². The van der Waals surface area contributed by atoms with Gasteiger partial charge in [-0.05, 0) is 19.9 Å². The minimum atomic E-state index is -0.437. The summed E-state index contributed by atoms with van der Waals surface area (Å²) in [5.41, 5.74) is 2.14. The first-order valence-corrected chi connectivity index (χ1v) is 6.72. The molecule has 0 saturated carbocycles. The smallest absolute Gasteiger partial charge is 0.116 e. The third-order valence-electron chi connectivity index (χ3n) is 1.49. The predicted molar refractivity (Wildman–Crippen MR) is 88.1 cm³/mol. The lowest BCUT2D eigenvalue weighted by Crippen LogP contribution is -1.62. The Morgan fingerprint density at radius 2 is 1.37 bits per heavy atom. The zero-order chi connectivity index (χ0) is 15.7. The van der Waals surface area contributed by atoms with Crippen LogP contribution in [0.15, 0.2) is 67.0 Å². The molecule has 0 aliphatic carbocycles. The highest BCUT2D eigenvalue weighted by molar-refractivity contribution is 5.18. The van der Waals surface area contributed by atoms with E-state index in [1.165, 1.54) is 11.6 Å². The molecule has 0 unspecified atom stereocenters. The molecular formula is C18H29F. The second kappa shape index (κ2) is 18.7. The van der Waals surface area contributed by atoms with Crippen molar-refractivity contribution >= 4 is 0 Å². The number of benzene rings is 1. The minimum Gasteiger partial charge on any atom is -0.208 e. The van der Waals surface area contributed by atoms with Crippen LogP contribution in [-0.2, 0) is 0 Å². The summed E-state index contributed by atoms with van der Waals surface area (Å²) in [6.07, 6.45) is 2.85. The molecule has 0 bridgehead atoms. The fourth-order valence-electron chi connectivity index (χ4n) is 0.767. The molecule has 0 aliphatic rings. The van der Waals surface area contributed by atoms with Crippen molar-refractivity contribution in [3.8, 4) is 0 Å². The first kappa shape index (κ1) is 22.5. The summed E-state index contributed by atoms with van der Waals surface area (Å²) in [4.78, 5) is 0. The number of aryl methyl sites for hydroxylation is 1. The number of rotatable bonds is 2. The maximum Gasteiger partial charge on any atom is 0.116 e. The van der Waals surface area contributed by atoms with Gasteiger partial charge in [-0.2, -0.15) is 0 Å². The van der Waals surface area contributed by atoms with Crippen molar-refractivity contribution in [3.05, 3.63) is 72.6 Å². The summed E-state index contributed by atoms with van der Waals surface area (Å²) in [6.45, 7) is 18.4. The van der Waals surface area contributed by atoms with Gasteiger partial charge in [0.1, 0.15) is 5.83 Å². The van der Waals surface area contributed by atoms with Crippen molar-refractivity contribution in [2.24, 2.45) is 0 Å². The second-order valence-electron chi connectivity index (χ2n) is 3.28. The lowest BCUT2D eigenvalue weighted by molar-refractivity contribution is 0.671. The van der Waals surface area contributed by atoms with Crippen LogP contribution in [-0.4, -0.2) is 0 Å². The van der Waals surface area contributed by atoms with Crippen LogP contribution in [0.1, 0.15) is 40.2 Å². The lowest BCUT2D eigenvalue weighted by atomic mass is 10.2. The van der Waals surface area contributed by atoms with Gasteiger partial charge in [0.25, 0.3) is 0 Å². The molecule has 0 aliphatic heterocycles. The molecule has 0 fully saturated rings. The van der Waals surface area contributed by atoms with Gasteiger partial charge >= 0.3 is 0 Å². The molecule has 1 heteroatoms. The van der Waals surface area contributed by atoms with Crippen molar-refractivity contribution in [3.63, 3.8) is 0 Å². The van der Waals surface area contributed by atoms with Crippen molar-refractivity contribution in [2.75, 3.05) is 0 Å². The first-order valence-electron chi connectivity index (χ1n) is 6.72. The molecule has 0 aromatic heterocycles. The highest BCUT2D eigenvalue weighted by Gasteiger charge is 1.76. The molecule has 0 N–H and O–H groups in total. The average Bonchev–Trinajstić information content (AvgIpc) is 2.43. The Kier molecular flexibility index (Phi) is 22.2. The molecule has 1 rings (SSSR count). The monoisotopic (exact) mass is 264 g/mol. The fourth-order valence-corrected chi connectivity index (χ4v) is 0.767. The van der Waals surface area contributed by atoms with Crippen molar-refractivity contribution in [2.45, 2.75) is 41.5 Å². The Morgan fingerprint density at radius 1 is 0.947 bits per heavy atom. The Hall–Kier alpha value is -1.63. The predicted octanol–water partition coefficient (Wildman–Crippen LogP) is 6.65. The molecule has 1 aromatic rings. The van der Waals surface area contributed by atoms with Crippen LogP contribution >= 0.6 is 0 Å². The number of hydrogen-bond donors (Lipinski definition) is 0. The van der Waals surface area contributed by atoms with Crippen LogP contribution < -0.4 is 0 Å². The van der Waals surface area contributed by atoms with E-state index in [-0.39, 0.29) is 0 Å². The van der Waals surface area contributed by atoms with Crippen LogP contribution in [0.4, 0.5) is 4.39 Å². The Morgan fingerprint density at radius 3 is 1.53 bits per heavy atom. The Balaban J connectivity index is -0.000000214. The SMILES string of the molecule is C=C(C)/C=C\C(=C)F.CC.CC.Cc1ccccc1. The van der Waals surface area contributed by atoms with E-state index in [1.54, 1.807) is 13.0 Å². The summed E-state index contributed by atoms with van der Waals surface area (Å²) in [6, 6.07) is 10.3. The van der Waals surface area contributed by atoms with E-state index < -0.39 is 5.83 Å². The molecule has 0 nitrogen and oxygen atoms in total. The summed E-state index contributed by atoms with van der Waals surface area (Å²) in [5, 5.41) is 0. The normalized spacial score (nSPS) is 7.95. The van der Waals surface area contributed by atoms with Crippen molar-refractivity contribution in [1.82, 2.24) is 0 Å². The van der Waals surface area contributed by atoms with E-state index in [2.05, 4.69) is 32.2 Å². The highest BCUT2D eigenvalue weighted by Crippen LogP contribution is 1.96. The van der Waals surface area contributed by atoms with E-state index >= 15 is 0 Å². The molecule has 1 aromatic carbocycles. The zero-order valence-corrected chi connectivity index (χ0v) is 13.3. The van der Waals surface area contributed by atoms with Gasteiger partial charge in [0.15, 0.2) is 0 Å². The molecule has 19 heavy (non-hydrogen) atoms. The molecular weight excluding hydrogens is 235 g/mol. The maximum atomic E-state index is 11.7. The van der Waals surface area contributed by atoms with E-state index in [1.807, 2.05) is 45.9 Å². The maximum absolute atomic E-state index is 11.7. The van der Waals surface area contributed by atoms with Crippen molar-refractivity contribution < 1.29 is 4.39 Å². The van der Waals surface area contributed by atoms with Crippen LogP contribution in [0.25, 0.3) is 0 Å². The van der Waals surface area contributed by atoms with E-state index in [0.29, 0.717) is 0 Å². The minimum absolute atomic E-state index is 0.437. The van der Waals surface area contributed by atoms with Crippen LogP contribution in [0, 0.1) is 6.92 Å². The molecule has 0 heterocycles. The van der Waals surface area contributed by atoms with Crippen LogP contribution in [0.3, 0.4) is 0 Å². The standard InChI is InChI=1S/C7H9F.C7H8.2C2H6/c1-6(2)4-5-7(3)8;1-7-5-3-2-4-6-7;2*1-2/h4-5H,1,3H2,2H3;2-6H,1H3;2*1-2H3/b5-4-;;;. The molecule has 0 spiro atoms. The van der Waals surface area contributed by atoms with E-state index in [4.69, 9.17) is 0 Å². The van der Waals surface area contributed by atoms with Crippen LogP contribution in [0.2, 0.25) is 0 Å². The third kappa shape index (κ3) is 26.1. The second-order valence-corrected chi connectivity index (χ2v) is 3.28. The Bertz CT molecular complexity index is 318. The zero-order valence-electron chi connectivity index (χ0n) is 13.3. The van der Waals surface area contributed by atoms with Gasteiger partial charge in [0.05, 0.1) is 0 Å². The average molecular weight is 264 g/mol. The number of allylic oxidation sites excluding steroid dienone is 4. The lowest BCUT2D eigenvalue weighted by Gasteiger charge is -1.82. The molecule has 108 valence electrons. The third-order valence-corrected chi connectivity index (χ3v) is 1.49. The number of hydrogen-bond acceptors (Lipinski definition) is 0. The summed E-state index contributed by atoms with van der Waals surface area (Å²) in [7, 11) is 0. The molecule has 0 saturated heterocycles. The van der Waals surface area contributed by atoms with Crippen LogP contribution in [0.5, 0.6) is 0 Å². The van der Waals surface area contributed by atoms with Gasteiger partial charge < -0.3 is 0 Å². The van der Waals surface area contributed by atoms with Crippen molar-refractivity contribution in [1.29, 1.82) is 0 Å². The molecule has 0 atom stereocenters. The largest absolute Gasteiger partial charge is 0.208 e. The fraction of sp³-hybridized carbons (Fsp3) is 0.333. The number of halogens is 1. The molecule has 0 amide bonds. The molecule has 0 radical (unpaired) electrons. The van der Waals surface area contributed by atoms with E-state index in [0.717, 1.165) is 5.57 Å². The van der Waals surface area contributed by atoms with Gasteiger partial charge in [-0.1, -0.05) is 88.4 Å². The van der Waals surface area contributed by atoms with Gasteiger partial charge in [-0.3, -0.25) is 0 Å². The summed E-state index contributed by atoms with van der Waals surface area (Å²) >= 11 is 0. The van der Waals surface area contributed by atoms with Gasteiger partial charge in [-0.15, -0.1) is 0 Å². The highest BCUT2D eigenvalue weighted by atomic mass is 19.1. The summed E-state index contributed by atoms with van der Waals surface area (Å²) in [5.74, 6) is -0.437. The topological polar surface area (TPSA) is 0 Å². The van der Waals surface area contributed by atoms with E-state index in [9.17, 15) is 4.39 Å².